The maximum absolute atomic E-state index is 11.3. The number of carbonyl (C=O) groups excluding carboxylic acids is 2. The molecule has 0 aromatic rings. The highest BCUT2D eigenvalue weighted by atomic mass is 16.7. The Morgan fingerprint density at radius 1 is 1.05 bits per heavy atom. The van der Waals surface area contributed by atoms with Crippen molar-refractivity contribution in [3.63, 3.8) is 0 Å². The highest BCUT2D eigenvalue weighted by Gasteiger charge is 2.19. The molecule has 0 radical (unpaired) electrons. The summed E-state index contributed by atoms with van der Waals surface area (Å²) in [5.41, 5.74) is -0.0847. The topological polar surface area (TPSA) is 82.1 Å². The fourth-order valence-electron chi connectivity index (χ4n) is 1.17. The molecule has 6 heteroatoms. The minimum Gasteiger partial charge on any atom is -0.462 e. The van der Waals surface area contributed by atoms with Gasteiger partial charge in [0.1, 0.15) is 6.61 Å². The van der Waals surface area contributed by atoms with Gasteiger partial charge in [-0.15, -0.1) is 0 Å². The predicted molar refractivity (Wildman–Crippen MR) is 77.8 cm³/mol. The van der Waals surface area contributed by atoms with Crippen molar-refractivity contribution in [1.29, 1.82) is 0 Å². The van der Waals surface area contributed by atoms with E-state index in [-0.39, 0.29) is 25.8 Å². The van der Waals surface area contributed by atoms with E-state index in [1.165, 1.54) is 0 Å². The molecule has 0 fully saturated rings. The fourth-order valence-corrected chi connectivity index (χ4v) is 1.17. The molecule has 0 amide bonds. The van der Waals surface area contributed by atoms with Crippen LogP contribution in [0, 0.1) is 5.41 Å². The average molecular weight is 302 g/mol. The van der Waals surface area contributed by atoms with Gasteiger partial charge in [-0.25, -0.2) is 9.59 Å². The third-order valence-electron chi connectivity index (χ3n) is 2.60. The second kappa shape index (κ2) is 10.2. The van der Waals surface area contributed by atoms with E-state index in [0.717, 1.165) is 6.42 Å². The van der Waals surface area contributed by atoms with Crippen molar-refractivity contribution in [3.8, 4) is 0 Å². The van der Waals surface area contributed by atoms with E-state index in [0.29, 0.717) is 25.0 Å². The second-order valence-corrected chi connectivity index (χ2v) is 5.69. The molecule has 0 aromatic heterocycles. The fraction of sp³-hybridized carbons (Fsp3) is 0.733. The van der Waals surface area contributed by atoms with Crippen LogP contribution in [0.1, 0.15) is 40.0 Å². The number of rotatable bonds is 10. The van der Waals surface area contributed by atoms with Crippen molar-refractivity contribution in [2.45, 2.75) is 40.0 Å². The lowest BCUT2D eigenvalue weighted by Gasteiger charge is -2.20. The van der Waals surface area contributed by atoms with E-state index in [1.54, 1.807) is 20.8 Å². The molecule has 0 saturated heterocycles. The molecule has 0 aliphatic heterocycles. The zero-order valence-corrected chi connectivity index (χ0v) is 13.1. The van der Waals surface area contributed by atoms with Crippen LogP contribution >= 0.6 is 0 Å². The third-order valence-corrected chi connectivity index (χ3v) is 2.60. The molecule has 0 saturated carbocycles. The summed E-state index contributed by atoms with van der Waals surface area (Å²) in [6, 6.07) is 0. The largest absolute Gasteiger partial charge is 0.508 e. The molecular weight excluding hydrogens is 276 g/mol. The van der Waals surface area contributed by atoms with Crippen LogP contribution in [0.25, 0.3) is 0 Å². The Labute approximate surface area is 126 Å². The molecule has 0 aliphatic carbocycles. The van der Waals surface area contributed by atoms with E-state index in [9.17, 15) is 9.59 Å². The van der Waals surface area contributed by atoms with Gasteiger partial charge in [-0.2, -0.15) is 0 Å². The normalized spacial score (nSPS) is 10.9. The van der Waals surface area contributed by atoms with Crippen LogP contribution in [-0.4, -0.2) is 43.7 Å². The Morgan fingerprint density at radius 3 is 2.14 bits per heavy atom. The summed E-state index contributed by atoms with van der Waals surface area (Å²) in [6.45, 7) is 9.28. The SMILES string of the molecule is C=C(C)C(=O)OCCCCCOC(=O)OCC(C)(C)CO. The van der Waals surface area contributed by atoms with Crippen molar-refractivity contribution < 1.29 is 28.9 Å². The summed E-state index contributed by atoms with van der Waals surface area (Å²) >= 11 is 0. The molecule has 0 rings (SSSR count). The van der Waals surface area contributed by atoms with Gasteiger partial charge in [-0.05, 0) is 26.2 Å². The smallest absolute Gasteiger partial charge is 0.462 e. The average Bonchev–Trinajstić information content (AvgIpc) is 2.43. The van der Waals surface area contributed by atoms with Crippen LogP contribution in [0.4, 0.5) is 4.79 Å². The van der Waals surface area contributed by atoms with Crippen molar-refractivity contribution >= 4 is 12.1 Å². The Balaban J connectivity index is 3.49. The number of esters is 1. The quantitative estimate of drug-likeness (QED) is 0.379. The minimum absolute atomic E-state index is 0.0663. The van der Waals surface area contributed by atoms with Gasteiger partial charge < -0.3 is 19.3 Å². The van der Waals surface area contributed by atoms with Gasteiger partial charge in [0.05, 0.1) is 19.8 Å². The van der Waals surface area contributed by atoms with E-state index in [1.807, 2.05) is 0 Å². The lowest BCUT2D eigenvalue weighted by molar-refractivity contribution is -0.139. The van der Waals surface area contributed by atoms with Gasteiger partial charge in [0.25, 0.3) is 0 Å². The van der Waals surface area contributed by atoms with E-state index < -0.39 is 11.6 Å². The van der Waals surface area contributed by atoms with Crippen LogP contribution < -0.4 is 0 Å². The third kappa shape index (κ3) is 10.8. The molecule has 0 aliphatic rings. The molecule has 0 spiro atoms. The van der Waals surface area contributed by atoms with Crippen LogP contribution in [0.15, 0.2) is 12.2 Å². The van der Waals surface area contributed by atoms with Gasteiger partial charge in [-0.1, -0.05) is 20.4 Å². The Hall–Kier alpha value is -1.56. The summed E-state index contributed by atoms with van der Waals surface area (Å²) in [4.78, 5) is 22.3. The number of aliphatic hydroxyl groups is 1. The zero-order valence-electron chi connectivity index (χ0n) is 13.1. The lowest BCUT2D eigenvalue weighted by atomic mass is 9.97. The van der Waals surface area contributed by atoms with Crippen LogP contribution in [0.2, 0.25) is 0 Å². The molecular formula is C15H26O6. The first kappa shape index (κ1) is 19.4. The molecule has 0 heterocycles. The molecule has 6 nitrogen and oxygen atoms in total. The first-order valence-electron chi connectivity index (χ1n) is 7.01. The lowest BCUT2D eigenvalue weighted by Crippen LogP contribution is -2.25. The summed E-state index contributed by atoms with van der Waals surface area (Å²) in [5, 5.41) is 9.00. The van der Waals surface area contributed by atoms with Crippen LogP contribution in [0.3, 0.4) is 0 Å². The summed E-state index contributed by atoms with van der Waals surface area (Å²) in [7, 11) is 0. The first-order chi connectivity index (χ1) is 9.78. The number of hydrogen-bond donors (Lipinski definition) is 1. The van der Waals surface area contributed by atoms with Crippen molar-refractivity contribution in [2.75, 3.05) is 26.4 Å². The Morgan fingerprint density at radius 2 is 1.62 bits per heavy atom. The first-order valence-corrected chi connectivity index (χ1v) is 7.01. The summed E-state index contributed by atoms with van der Waals surface area (Å²) < 4.78 is 14.7. The van der Waals surface area contributed by atoms with Gasteiger partial charge >= 0.3 is 12.1 Å². The highest BCUT2D eigenvalue weighted by Crippen LogP contribution is 2.14. The van der Waals surface area contributed by atoms with Crippen molar-refractivity contribution in [2.24, 2.45) is 5.41 Å². The number of ether oxygens (including phenoxy) is 3. The van der Waals surface area contributed by atoms with Gasteiger partial charge in [0.2, 0.25) is 0 Å². The molecule has 122 valence electrons. The summed E-state index contributed by atoms with van der Waals surface area (Å²) in [5.74, 6) is -0.388. The van der Waals surface area contributed by atoms with Gasteiger partial charge in [0, 0.05) is 11.0 Å². The minimum atomic E-state index is -0.731. The Bertz CT molecular complexity index is 348. The molecule has 1 N–H and O–H groups in total. The number of hydrogen-bond acceptors (Lipinski definition) is 6. The second-order valence-electron chi connectivity index (χ2n) is 5.69. The number of aliphatic hydroxyl groups excluding tert-OH is 1. The monoisotopic (exact) mass is 302 g/mol. The molecule has 0 bridgehead atoms. The predicted octanol–water partition coefficient (Wildman–Crippen LogP) is 2.45. The number of carbonyl (C=O) groups is 2. The van der Waals surface area contributed by atoms with E-state index >= 15 is 0 Å². The van der Waals surface area contributed by atoms with E-state index in [2.05, 4.69) is 6.58 Å². The van der Waals surface area contributed by atoms with Gasteiger partial charge in [0.15, 0.2) is 0 Å². The van der Waals surface area contributed by atoms with Crippen molar-refractivity contribution in [1.82, 2.24) is 0 Å². The Kier molecular flexibility index (Phi) is 9.45. The standard InChI is InChI=1S/C15H26O6/c1-12(2)13(17)19-8-6-5-7-9-20-14(18)21-11-15(3,4)10-16/h16H,1,5-11H2,2-4H3. The summed E-state index contributed by atoms with van der Waals surface area (Å²) in [6.07, 6.45) is 1.42. The van der Waals surface area contributed by atoms with Crippen LogP contribution in [-0.2, 0) is 19.0 Å². The maximum atomic E-state index is 11.3. The van der Waals surface area contributed by atoms with E-state index in [4.69, 9.17) is 19.3 Å². The highest BCUT2D eigenvalue weighted by molar-refractivity contribution is 5.86. The number of unbranched alkanes of at least 4 members (excludes halogenated alkanes) is 2. The zero-order chi connectivity index (χ0) is 16.3. The van der Waals surface area contributed by atoms with Gasteiger partial charge in [-0.3, -0.25) is 0 Å². The molecule has 21 heavy (non-hydrogen) atoms. The molecule has 0 atom stereocenters. The maximum Gasteiger partial charge on any atom is 0.508 e. The molecule has 0 aromatic carbocycles. The van der Waals surface area contributed by atoms with Crippen LogP contribution in [0.5, 0.6) is 0 Å². The molecule has 0 unspecified atom stereocenters. The van der Waals surface area contributed by atoms with Crippen molar-refractivity contribution in [3.05, 3.63) is 12.2 Å².